The van der Waals surface area contributed by atoms with E-state index in [4.69, 9.17) is 0 Å². The number of rotatable bonds is 6. The van der Waals surface area contributed by atoms with Crippen LogP contribution in [0.25, 0.3) is 10.9 Å². The predicted octanol–water partition coefficient (Wildman–Crippen LogP) is 2.20. The number of hydrogen-bond donors (Lipinski definition) is 3. The third-order valence-electron chi connectivity index (χ3n) is 3.58. The number of nitrogens with zero attached hydrogens (tertiary/aromatic N) is 2. The number of aliphatic hydroxyl groups excluding tert-OH is 1. The highest BCUT2D eigenvalue weighted by atomic mass is 16.3. The Morgan fingerprint density at radius 1 is 1.26 bits per heavy atom. The summed E-state index contributed by atoms with van der Waals surface area (Å²) in [7, 11) is 0. The van der Waals surface area contributed by atoms with E-state index in [-0.39, 0.29) is 30.5 Å². The highest BCUT2D eigenvalue weighted by Crippen LogP contribution is 2.16. The molecule has 0 spiro atoms. The number of carbonyl (C=O) groups excluding carboxylic acids is 1. The Hall–Kier alpha value is -2.21. The van der Waals surface area contributed by atoms with Gasteiger partial charge in [-0.1, -0.05) is 19.9 Å². The van der Waals surface area contributed by atoms with Crippen LogP contribution in [-0.4, -0.2) is 39.7 Å². The molecular formula is C17H24N4O2. The third-order valence-corrected chi connectivity index (χ3v) is 3.58. The number of anilines is 1. The summed E-state index contributed by atoms with van der Waals surface area (Å²) in [6.07, 6.45) is 1.74. The lowest BCUT2D eigenvalue weighted by molar-refractivity contribution is 0.0897. The molecule has 0 saturated carbocycles. The lowest BCUT2D eigenvalue weighted by Crippen LogP contribution is -2.41. The number of nitrogens with one attached hydrogen (secondary N) is 2. The summed E-state index contributed by atoms with van der Waals surface area (Å²) in [4.78, 5) is 21.0. The fraction of sp³-hybridized carbons (Fsp3) is 0.471. The molecule has 0 aliphatic rings. The normalized spacial score (nSPS) is 12.7. The number of benzene rings is 1. The summed E-state index contributed by atoms with van der Waals surface area (Å²) < 4.78 is 0. The largest absolute Gasteiger partial charge is 0.394 e. The SMILES string of the molecule is CC(C)Nc1ncc2ccc(C(=O)N[C@H](CO)C(C)C)cc2n1. The summed E-state index contributed by atoms with van der Waals surface area (Å²) in [6, 6.07) is 5.28. The molecule has 2 rings (SSSR count). The van der Waals surface area contributed by atoms with Crippen LogP contribution < -0.4 is 10.6 Å². The molecule has 6 nitrogen and oxygen atoms in total. The monoisotopic (exact) mass is 316 g/mol. The second-order valence-corrected chi connectivity index (χ2v) is 6.27. The number of aromatic nitrogens is 2. The lowest BCUT2D eigenvalue weighted by atomic mass is 10.0. The predicted molar refractivity (Wildman–Crippen MR) is 91.5 cm³/mol. The zero-order valence-electron chi connectivity index (χ0n) is 14.0. The molecular weight excluding hydrogens is 292 g/mol. The molecule has 1 atom stereocenters. The molecule has 0 aliphatic heterocycles. The van der Waals surface area contributed by atoms with Crippen molar-refractivity contribution in [2.24, 2.45) is 5.92 Å². The van der Waals surface area contributed by atoms with Gasteiger partial charge in [0.2, 0.25) is 5.95 Å². The molecule has 23 heavy (non-hydrogen) atoms. The van der Waals surface area contributed by atoms with Crippen LogP contribution in [0.5, 0.6) is 0 Å². The first-order chi connectivity index (χ1) is 10.9. The Kier molecular flexibility index (Phi) is 5.50. The van der Waals surface area contributed by atoms with Crippen molar-refractivity contribution in [3.05, 3.63) is 30.0 Å². The number of aliphatic hydroxyl groups is 1. The van der Waals surface area contributed by atoms with Crippen LogP contribution in [0.1, 0.15) is 38.1 Å². The number of fused-ring (bicyclic) bond motifs is 1. The summed E-state index contributed by atoms with van der Waals surface area (Å²) >= 11 is 0. The Morgan fingerprint density at radius 2 is 2.00 bits per heavy atom. The van der Waals surface area contributed by atoms with E-state index in [0.29, 0.717) is 17.0 Å². The van der Waals surface area contributed by atoms with Gasteiger partial charge >= 0.3 is 0 Å². The average Bonchev–Trinajstić information content (AvgIpc) is 2.50. The maximum absolute atomic E-state index is 12.3. The molecule has 0 radical (unpaired) electrons. The molecule has 1 heterocycles. The molecule has 3 N–H and O–H groups in total. The minimum atomic E-state index is -0.262. The van der Waals surface area contributed by atoms with Gasteiger partial charge in [0.25, 0.3) is 5.91 Å². The highest BCUT2D eigenvalue weighted by Gasteiger charge is 2.16. The van der Waals surface area contributed by atoms with Crippen molar-refractivity contribution in [1.82, 2.24) is 15.3 Å². The molecule has 0 unspecified atom stereocenters. The number of hydrogen-bond acceptors (Lipinski definition) is 5. The molecule has 0 aliphatic carbocycles. The Balaban J connectivity index is 2.25. The fourth-order valence-corrected chi connectivity index (χ4v) is 2.17. The van der Waals surface area contributed by atoms with Crippen molar-refractivity contribution in [2.75, 3.05) is 11.9 Å². The van der Waals surface area contributed by atoms with Crippen LogP contribution in [0.2, 0.25) is 0 Å². The van der Waals surface area contributed by atoms with Crippen molar-refractivity contribution >= 4 is 22.8 Å². The van der Waals surface area contributed by atoms with E-state index in [2.05, 4.69) is 20.6 Å². The van der Waals surface area contributed by atoms with E-state index in [9.17, 15) is 9.90 Å². The van der Waals surface area contributed by atoms with Gasteiger partial charge < -0.3 is 15.7 Å². The van der Waals surface area contributed by atoms with Crippen molar-refractivity contribution < 1.29 is 9.90 Å². The van der Waals surface area contributed by atoms with Gasteiger partial charge in [0.05, 0.1) is 18.2 Å². The van der Waals surface area contributed by atoms with E-state index in [1.165, 1.54) is 0 Å². The molecule has 124 valence electrons. The second kappa shape index (κ2) is 7.37. The molecule has 1 aromatic carbocycles. The van der Waals surface area contributed by atoms with Crippen molar-refractivity contribution in [2.45, 2.75) is 39.8 Å². The maximum Gasteiger partial charge on any atom is 0.251 e. The Labute approximate surface area is 136 Å². The molecule has 1 amide bonds. The third kappa shape index (κ3) is 4.39. The van der Waals surface area contributed by atoms with Crippen LogP contribution in [-0.2, 0) is 0 Å². The molecule has 1 aromatic heterocycles. The van der Waals surface area contributed by atoms with Gasteiger partial charge in [-0.15, -0.1) is 0 Å². The van der Waals surface area contributed by atoms with Crippen LogP contribution in [0.3, 0.4) is 0 Å². The van der Waals surface area contributed by atoms with Crippen molar-refractivity contribution in [3.8, 4) is 0 Å². The number of amides is 1. The fourth-order valence-electron chi connectivity index (χ4n) is 2.17. The Bertz CT molecular complexity index is 685. The first-order valence-corrected chi connectivity index (χ1v) is 7.85. The summed E-state index contributed by atoms with van der Waals surface area (Å²) in [5, 5.41) is 16.2. The molecule has 0 bridgehead atoms. The second-order valence-electron chi connectivity index (χ2n) is 6.27. The smallest absolute Gasteiger partial charge is 0.251 e. The van der Waals surface area contributed by atoms with Gasteiger partial charge in [0.15, 0.2) is 0 Å². The minimum Gasteiger partial charge on any atom is -0.394 e. The van der Waals surface area contributed by atoms with Gasteiger partial charge in [-0.05, 0) is 31.9 Å². The molecule has 6 heteroatoms. The molecule has 0 saturated heterocycles. The first-order valence-electron chi connectivity index (χ1n) is 7.85. The Morgan fingerprint density at radius 3 is 2.61 bits per heavy atom. The molecule has 0 fully saturated rings. The van der Waals surface area contributed by atoms with E-state index in [0.717, 1.165) is 5.39 Å². The van der Waals surface area contributed by atoms with E-state index in [1.807, 2.05) is 33.8 Å². The van der Waals surface area contributed by atoms with Crippen LogP contribution in [0.4, 0.5) is 5.95 Å². The quantitative estimate of drug-likeness (QED) is 0.760. The van der Waals surface area contributed by atoms with E-state index in [1.54, 1.807) is 18.3 Å². The summed E-state index contributed by atoms with van der Waals surface area (Å²) in [5.41, 5.74) is 1.23. The lowest BCUT2D eigenvalue weighted by Gasteiger charge is -2.20. The maximum atomic E-state index is 12.3. The van der Waals surface area contributed by atoms with Gasteiger partial charge in [0, 0.05) is 23.2 Å². The minimum absolute atomic E-state index is 0.0817. The highest BCUT2D eigenvalue weighted by molar-refractivity contribution is 5.97. The van der Waals surface area contributed by atoms with Crippen molar-refractivity contribution in [3.63, 3.8) is 0 Å². The number of carbonyl (C=O) groups is 1. The topological polar surface area (TPSA) is 87.1 Å². The van der Waals surface area contributed by atoms with Crippen LogP contribution in [0.15, 0.2) is 24.4 Å². The first kappa shape index (κ1) is 17.1. The van der Waals surface area contributed by atoms with E-state index < -0.39 is 0 Å². The van der Waals surface area contributed by atoms with Crippen LogP contribution in [0, 0.1) is 5.92 Å². The van der Waals surface area contributed by atoms with Gasteiger partial charge in [-0.3, -0.25) is 4.79 Å². The standard InChI is InChI=1S/C17H24N4O2/c1-10(2)15(9-22)20-16(23)12-5-6-13-8-18-17(19-11(3)4)21-14(13)7-12/h5-8,10-11,15,22H,9H2,1-4H3,(H,20,23)(H,18,19,21)/t15-/m1/s1. The zero-order valence-corrected chi connectivity index (χ0v) is 14.0. The van der Waals surface area contributed by atoms with Gasteiger partial charge in [-0.25, -0.2) is 9.97 Å². The van der Waals surface area contributed by atoms with Gasteiger partial charge in [-0.2, -0.15) is 0 Å². The van der Waals surface area contributed by atoms with Gasteiger partial charge in [0.1, 0.15) is 0 Å². The van der Waals surface area contributed by atoms with E-state index >= 15 is 0 Å². The summed E-state index contributed by atoms with van der Waals surface area (Å²) in [5.74, 6) is 0.491. The van der Waals surface area contributed by atoms with Crippen molar-refractivity contribution in [1.29, 1.82) is 0 Å². The van der Waals surface area contributed by atoms with Crippen LogP contribution >= 0.6 is 0 Å². The summed E-state index contributed by atoms with van der Waals surface area (Å²) in [6.45, 7) is 7.86. The molecule has 2 aromatic rings. The average molecular weight is 316 g/mol. The zero-order chi connectivity index (χ0) is 17.0.